The molecule has 1 heterocycles. The first-order valence-electron chi connectivity index (χ1n) is 14.2. The molecule has 0 radical (unpaired) electrons. The quantitative estimate of drug-likeness (QED) is 0.566. The summed E-state index contributed by atoms with van der Waals surface area (Å²) in [6.45, 7) is 1.55. The van der Waals surface area contributed by atoms with Crippen LogP contribution in [0.4, 0.5) is 0 Å². The second kappa shape index (κ2) is 7.22. The van der Waals surface area contributed by atoms with Crippen LogP contribution in [0.2, 0.25) is 0 Å². The number of nitrogens with zero attached hydrogens (tertiary/aromatic N) is 2. The van der Waals surface area contributed by atoms with Crippen molar-refractivity contribution in [3.8, 4) is 0 Å². The van der Waals surface area contributed by atoms with Crippen molar-refractivity contribution in [1.29, 1.82) is 0 Å². The first-order chi connectivity index (χ1) is 15.5. The molecule has 176 valence electrons. The predicted molar refractivity (Wildman–Crippen MR) is 123 cm³/mol. The molecule has 0 atom stereocenters. The number of amides is 2. The average Bonchev–Trinajstić information content (AvgIpc) is 2.71. The smallest absolute Gasteiger partial charge is 0.247 e. The average molecular weight is 439 g/mol. The van der Waals surface area contributed by atoms with Gasteiger partial charge in [0.1, 0.15) is 0 Å². The third-order valence-corrected chi connectivity index (χ3v) is 11.2. The Hall–Kier alpha value is -1.06. The third kappa shape index (κ3) is 3.06. The summed E-state index contributed by atoms with van der Waals surface area (Å²) in [4.78, 5) is 28.8. The van der Waals surface area contributed by atoms with Gasteiger partial charge in [-0.15, -0.1) is 0 Å². The van der Waals surface area contributed by atoms with E-state index >= 15 is 0 Å². The molecule has 4 nitrogen and oxygen atoms in total. The van der Waals surface area contributed by atoms with E-state index in [2.05, 4.69) is 10.0 Å². The van der Waals surface area contributed by atoms with Crippen LogP contribution in [0.25, 0.3) is 0 Å². The molecular weight excluding hydrogens is 396 g/mol. The lowest BCUT2D eigenvalue weighted by molar-refractivity contribution is -0.193. The second-order valence-corrected chi connectivity index (χ2v) is 13.7. The molecule has 0 aromatic heterocycles. The van der Waals surface area contributed by atoms with Gasteiger partial charge in [0.2, 0.25) is 11.8 Å². The van der Waals surface area contributed by atoms with E-state index in [9.17, 15) is 9.59 Å². The van der Waals surface area contributed by atoms with Gasteiger partial charge in [0.25, 0.3) is 0 Å². The number of hydrogen-bond acceptors (Lipinski definition) is 2. The molecule has 8 saturated carbocycles. The number of hydrazine groups is 1. The molecule has 9 aliphatic rings. The summed E-state index contributed by atoms with van der Waals surface area (Å²) in [6.07, 6.45) is 19.3. The Morgan fingerprint density at radius 1 is 0.469 bits per heavy atom. The van der Waals surface area contributed by atoms with E-state index in [1.54, 1.807) is 0 Å². The van der Waals surface area contributed by atoms with E-state index in [-0.39, 0.29) is 10.8 Å². The molecule has 4 heteroatoms. The Balaban J connectivity index is 1.20. The van der Waals surface area contributed by atoms with Crippen molar-refractivity contribution < 1.29 is 9.59 Å². The van der Waals surface area contributed by atoms with Gasteiger partial charge >= 0.3 is 0 Å². The molecule has 8 aliphatic carbocycles. The lowest BCUT2D eigenvalue weighted by Gasteiger charge is -2.59. The molecule has 8 bridgehead atoms. The molecule has 1 aliphatic heterocycles. The molecule has 1 saturated heterocycles. The summed E-state index contributed by atoms with van der Waals surface area (Å²) in [5, 5.41) is 4.13. The van der Waals surface area contributed by atoms with Crippen LogP contribution < -0.4 is 0 Å². The zero-order chi connectivity index (χ0) is 21.5. The molecule has 9 rings (SSSR count). The van der Waals surface area contributed by atoms with Crippen molar-refractivity contribution in [2.24, 2.45) is 46.3 Å². The fraction of sp³-hybridized carbons (Fsp3) is 0.929. The molecule has 0 aromatic carbocycles. The fourth-order valence-corrected chi connectivity index (χ4v) is 10.8. The van der Waals surface area contributed by atoms with Crippen LogP contribution in [0.15, 0.2) is 0 Å². The highest BCUT2D eigenvalue weighted by Gasteiger charge is 2.59. The van der Waals surface area contributed by atoms with Gasteiger partial charge < -0.3 is 0 Å². The van der Waals surface area contributed by atoms with Gasteiger partial charge in [0.15, 0.2) is 0 Å². The van der Waals surface area contributed by atoms with Crippen molar-refractivity contribution in [3.05, 3.63) is 0 Å². The normalized spacial score (nSPS) is 49.2. The van der Waals surface area contributed by atoms with E-state index in [0.717, 1.165) is 100.0 Å². The minimum atomic E-state index is -0.145. The van der Waals surface area contributed by atoms with Gasteiger partial charge in [-0.05, 0) is 125 Å². The molecule has 0 aromatic rings. The molecule has 0 unspecified atom stereocenters. The highest BCUT2D eigenvalue weighted by atomic mass is 16.2. The fourth-order valence-electron chi connectivity index (χ4n) is 10.8. The largest absolute Gasteiger partial charge is 0.272 e. The first kappa shape index (κ1) is 20.3. The predicted octanol–water partition coefficient (Wildman–Crippen LogP) is 5.57. The van der Waals surface area contributed by atoms with Crippen molar-refractivity contribution >= 4 is 11.8 Å². The summed E-state index contributed by atoms with van der Waals surface area (Å²) in [6, 6.07) is 0. The SMILES string of the molecule is O=C(N1CCCCCCN1C(=O)C12CC3CC(CC(C3)C1)C2)C12CC3CC(CC(C3)C1)C2. The van der Waals surface area contributed by atoms with Crippen LogP contribution in [0, 0.1) is 46.3 Å². The molecule has 0 N–H and O–H groups in total. The lowest BCUT2D eigenvalue weighted by atomic mass is 9.49. The monoisotopic (exact) mass is 438 g/mol. The van der Waals surface area contributed by atoms with Crippen LogP contribution >= 0.6 is 0 Å². The maximum absolute atomic E-state index is 14.4. The molecule has 32 heavy (non-hydrogen) atoms. The Kier molecular flexibility index (Phi) is 4.58. The van der Waals surface area contributed by atoms with Crippen LogP contribution in [-0.4, -0.2) is 34.9 Å². The number of rotatable bonds is 2. The van der Waals surface area contributed by atoms with Gasteiger partial charge in [0, 0.05) is 13.1 Å². The first-order valence-corrected chi connectivity index (χ1v) is 14.2. The minimum Gasteiger partial charge on any atom is -0.272 e. The van der Waals surface area contributed by atoms with E-state index < -0.39 is 0 Å². The van der Waals surface area contributed by atoms with E-state index in [0.29, 0.717) is 11.8 Å². The number of carbonyl (C=O) groups is 2. The van der Waals surface area contributed by atoms with Gasteiger partial charge in [0.05, 0.1) is 10.8 Å². The van der Waals surface area contributed by atoms with Crippen LogP contribution in [-0.2, 0) is 9.59 Å². The molecule has 2 amide bonds. The molecule has 0 spiro atoms. The summed E-state index contributed by atoms with van der Waals surface area (Å²) in [5.74, 6) is 5.34. The molecule has 9 fully saturated rings. The summed E-state index contributed by atoms with van der Waals surface area (Å²) in [5.41, 5.74) is -0.290. The zero-order valence-corrected chi connectivity index (χ0v) is 19.9. The minimum absolute atomic E-state index is 0.145. The maximum Gasteiger partial charge on any atom is 0.247 e. The standard InChI is InChI=1S/C28H42N2O2/c31-25(27-13-19-7-20(14-27)9-21(8-19)15-27)29-5-3-1-2-4-6-30(29)26(32)28-16-22-10-23(17-28)12-24(11-22)18-28/h19-24H,1-18H2. The number of hydrogen-bond donors (Lipinski definition) is 0. The Morgan fingerprint density at radius 2 is 0.750 bits per heavy atom. The van der Waals surface area contributed by atoms with Crippen LogP contribution in [0.5, 0.6) is 0 Å². The third-order valence-electron chi connectivity index (χ3n) is 11.2. The van der Waals surface area contributed by atoms with Crippen LogP contribution in [0.3, 0.4) is 0 Å². The van der Waals surface area contributed by atoms with E-state index in [1.165, 1.54) is 51.4 Å². The van der Waals surface area contributed by atoms with Gasteiger partial charge in [-0.1, -0.05) is 12.8 Å². The topological polar surface area (TPSA) is 40.6 Å². The Bertz CT molecular complexity index is 667. The number of carbonyl (C=O) groups excluding carboxylic acids is 2. The Labute approximate surface area is 193 Å². The van der Waals surface area contributed by atoms with Gasteiger partial charge in [-0.3, -0.25) is 19.6 Å². The van der Waals surface area contributed by atoms with Crippen molar-refractivity contribution in [2.75, 3.05) is 13.1 Å². The van der Waals surface area contributed by atoms with Crippen molar-refractivity contribution in [2.45, 2.75) is 103 Å². The van der Waals surface area contributed by atoms with Gasteiger partial charge in [-0.25, -0.2) is 0 Å². The maximum atomic E-state index is 14.4. The zero-order valence-electron chi connectivity index (χ0n) is 19.9. The van der Waals surface area contributed by atoms with E-state index in [4.69, 9.17) is 0 Å². The second-order valence-electron chi connectivity index (χ2n) is 13.7. The summed E-state index contributed by atoms with van der Waals surface area (Å²) in [7, 11) is 0. The van der Waals surface area contributed by atoms with Crippen molar-refractivity contribution in [1.82, 2.24) is 10.0 Å². The Morgan fingerprint density at radius 3 is 1.03 bits per heavy atom. The molecular formula is C28H42N2O2. The van der Waals surface area contributed by atoms with Crippen molar-refractivity contribution in [3.63, 3.8) is 0 Å². The van der Waals surface area contributed by atoms with Crippen LogP contribution in [0.1, 0.15) is 103 Å². The lowest BCUT2D eigenvalue weighted by Crippen LogP contribution is -2.63. The highest BCUT2D eigenvalue weighted by molar-refractivity contribution is 5.89. The van der Waals surface area contributed by atoms with E-state index in [1.807, 2.05) is 0 Å². The highest BCUT2D eigenvalue weighted by Crippen LogP contribution is 2.62. The summed E-state index contributed by atoms with van der Waals surface area (Å²) < 4.78 is 0. The summed E-state index contributed by atoms with van der Waals surface area (Å²) >= 11 is 0. The van der Waals surface area contributed by atoms with Gasteiger partial charge in [-0.2, -0.15) is 0 Å².